The van der Waals surface area contributed by atoms with Gasteiger partial charge >= 0.3 is 0 Å². The summed E-state index contributed by atoms with van der Waals surface area (Å²) in [7, 11) is -3.88. The zero-order valence-corrected chi connectivity index (χ0v) is 18.3. The molecule has 0 unspecified atom stereocenters. The fourth-order valence-corrected chi connectivity index (χ4v) is 4.84. The Labute approximate surface area is 183 Å². The van der Waals surface area contributed by atoms with Crippen molar-refractivity contribution in [3.05, 3.63) is 108 Å². The van der Waals surface area contributed by atoms with Gasteiger partial charge in [0.25, 0.3) is 0 Å². The molecular formula is C25H25N3O2S. The van der Waals surface area contributed by atoms with Crippen LogP contribution in [0.2, 0.25) is 0 Å². The molecule has 0 aliphatic heterocycles. The Morgan fingerprint density at radius 3 is 1.74 bits per heavy atom. The quantitative estimate of drug-likeness (QED) is 0.437. The maximum atomic E-state index is 13.7. The summed E-state index contributed by atoms with van der Waals surface area (Å²) in [6, 6.07) is 28.1. The van der Waals surface area contributed by atoms with Crippen molar-refractivity contribution >= 4 is 10.0 Å². The van der Waals surface area contributed by atoms with Crippen LogP contribution in [0.25, 0.3) is 11.3 Å². The number of nitrogens with one attached hydrogen (secondary N) is 1. The van der Waals surface area contributed by atoms with Crippen molar-refractivity contribution in [2.75, 3.05) is 0 Å². The van der Waals surface area contributed by atoms with Crippen LogP contribution in [-0.2, 0) is 10.0 Å². The molecular weight excluding hydrogens is 406 g/mol. The molecule has 3 aromatic carbocycles. The van der Waals surface area contributed by atoms with E-state index in [9.17, 15) is 8.42 Å². The molecule has 0 aliphatic rings. The first-order valence-corrected chi connectivity index (χ1v) is 11.7. The van der Waals surface area contributed by atoms with E-state index in [1.165, 1.54) is 0 Å². The molecule has 158 valence electrons. The minimum atomic E-state index is -3.88. The van der Waals surface area contributed by atoms with Crippen molar-refractivity contribution in [2.45, 2.75) is 30.8 Å². The topological polar surface area (TPSA) is 64.0 Å². The number of nitrogens with zero attached hydrogens (tertiary/aromatic N) is 2. The minimum absolute atomic E-state index is 0.0328. The SMILES string of the molecule is CC(C)n1cc(S(=O)(=O)NC(c2ccccc2)c2ccccc2)c(-c2ccccc2)n1. The van der Waals surface area contributed by atoms with E-state index in [1.807, 2.05) is 105 Å². The summed E-state index contributed by atoms with van der Waals surface area (Å²) in [4.78, 5) is 0.171. The van der Waals surface area contributed by atoms with Gasteiger partial charge in [-0.1, -0.05) is 91.0 Å². The van der Waals surface area contributed by atoms with E-state index < -0.39 is 16.1 Å². The van der Waals surface area contributed by atoms with Gasteiger partial charge in [0.15, 0.2) is 0 Å². The Bertz CT molecular complexity index is 1200. The lowest BCUT2D eigenvalue weighted by molar-refractivity contribution is 0.531. The van der Waals surface area contributed by atoms with E-state index in [1.54, 1.807) is 10.9 Å². The molecule has 6 heteroatoms. The van der Waals surface area contributed by atoms with E-state index in [4.69, 9.17) is 0 Å². The molecule has 0 spiro atoms. The van der Waals surface area contributed by atoms with E-state index in [0.29, 0.717) is 5.69 Å². The van der Waals surface area contributed by atoms with Gasteiger partial charge in [-0.3, -0.25) is 4.68 Å². The average molecular weight is 432 g/mol. The summed E-state index contributed by atoms with van der Waals surface area (Å²) in [6.07, 6.45) is 1.61. The van der Waals surface area contributed by atoms with Gasteiger partial charge in [0, 0.05) is 17.8 Å². The lowest BCUT2D eigenvalue weighted by atomic mass is 10.00. The smallest absolute Gasteiger partial charge is 0.245 e. The highest BCUT2D eigenvalue weighted by atomic mass is 32.2. The van der Waals surface area contributed by atoms with Crippen LogP contribution >= 0.6 is 0 Å². The first kappa shape index (κ1) is 21.0. The van der Waals surface area contributed by atoms with E-state index in [0.717, 1.165) is 16.7 Å². The zero-order valence-electron chi connectivity index (χ0n) is 17.5. The lowest BCUT2D eigenvalue weighted by Crippen LogP contribution is -2.29. The first-order valence-electron chi connectivity index (χ1n) is 10.2. The molecule has 0 saturated carbocycles. The Balaban J connectivity index is 1.80. The number of hydrogen-bond acceptors (Lipinski definition) is 3. The molecule has 5 nitrogen and oxygen atoms in total. The summed E-state index contributed by atoms with van der Waals surface area (Å²) < 4.78 is 31.9. The number of aromatic nitrogens is 2. The number of rotatable bonds is 7. The van der Waals surface area contributed by atoms with Crippen LogP contribution in [0.4, 0.5) is 0 Å². The predicted octanol–water partition coefficient (Wildman–Crippen LogP) is 5.20. The van der Waals surface area contributed by atoms with E-state index in [2.05, 4.69) is 9.82 Å². The summed E-state index contributed by atoms with van der Waals surface area (Å²) in [5.41, 5.74) is 2.95. The molecule has 0 bridgehead atoms. The van der Waals surface area contributed by atoms with E-state index >= 15 is 0 Å². The van der Waals surface area contributed by atoms with Crippen LogP contribution in [0.5, 0.6) is 0 Å². The second kappa shape index (κ2) is 8.88. The van der Waals surface area contributed by atoms with Gasteiger partial charge in [0.1, 0.15) is 10.6 Å². The van der Waals surface area contributed by atoms with Crippen LogP contribution in [0, 0.1) is 0 Å². The van der Waals surface area contributed by atoms with Crippen molar-refractivity contribution in [3.63, 3.8) is 0 Å². The number of hydrogen-bond donors (Lipinski definition) is 1. The van der Waals surface area contributed by atoms with Crippen LogP contribution in [0.15, 0.2) is 102 Å². The molecule has 4 aromatic rings. The van der Waals surface area contributed by atoms with E-state index in [-0.39, 0.29) is 10.9 Å². The second-order valence-electron chi connectivity index (χ2n) is 7.66. The fraction of sp³-hybridized carbons (Fsp3) is 0.160. The van der Waals surface area contributed by atoms with Gasteiger partial charge in [0.05, 0.1) is 6.04 Å². The zero-order chi connectivity index (χ0) is 21.8. The standard InChI is InChI=1S/C25H25N3O2S/c1-19(2)28-18-23(25(26-28)22-16-10-5-11-17-22)31(29,30)27-24(20-12-6-3-7-13-20)21-14-8-4-9-15-21/h3-19,24,27H,1-2H3. The highest BCUT2D eigenvalue weighted by Gasteiger charge is 2.28. The summed E-state index contributed by atoms with van der Waals surface area (Å²) in [5.74, 6) is 0. The third-order valence-corrected chi connectivity index (χ3v) is 6.53. The summed E-state index contributed by atoms with van der Waals surface area (Å²) in [6.45, 7) is 3.95. The van der Waals surface area contributed by atoms with Gasteiger partial charge in [-0.2, -0.15) is 9.82 Å². The molecule has 1 heterocycles. The largest absolute Gasteiger partial charge is 0.268 e. The Hall–Kier alpha value is -3.22. The second-order valence-corrected chi connectivity index (χ2v) is 9.34. The summed E-state index contributed by atoms with van der Waals surface area (Å²) >= 11 is 0. The molecule has 1 aromatic heterocycles. The van der Waals surface area contributed by atoms with Gasteiger partial charge in [-0.25, -0.2) is 8.42 Å². The summed E-state index contributed by atoms with van der Waals surface area (Å²) in [5, 5.41) is 4.60. The predicted molar refractivity (Wildman–Crippen MR) is 123 cm³/mol. The van der Waals surface area contributed by atoms with Gasteiger partial charge in [-0.05, 0) is 25.0 Å². The molecule has 0 saturated heterocycles. The monoisotopic (exact) mass is 431 g/mol. The lowest BCUT2D eigenvalue weighted by Gasteiger charge is -2.20. The normalized spacial score (nSPS) is 11.9. The van der Waals surface area contributed by atoms with Crippen molar-refractivity contribution in [2.24, 2.45) is 0 Å². The van der Waals surface area contributed by atoms with Crippen molar-refractivity contribution < 1.29 is 8.42 Å². The fourth-order valence-electron chi connectivity index (χ4n) is 3.47. The molecule has 1 N–H and O–H groups in total. The van der Waals surface area contributed by atoms with Gasteiger partial charge < -0.3 is 0 Å². The Kier molecular flexibility index (Phi) is 6.02. The highest BCUT2D eigenvalue weighted by molar-refractivity contribution is 7.89. The number of sulfonamides is 1. The molecule has 0 atom stereocenters. The molecule has 0 amide bonds. The van der Waals surface area contributed by atoms with Crippen LogP contribution in [-0.4, -0.2) is 18.2 Å². The molecule has 0 aliphatic carbocycles. The highest BCUT2D eigenvalue weighted by Crippen LogP contribution is 2.30. The maximum absolute atomic E-state index is 13.7. The van der Waals surface area contributed by atoms with Crippen molar-refractivity contribution in [3.8, 4) is 11.3 Å². The first-order chi connectivity index (χ1) is 15.0. The van der Waals surface area contributed by atoms with Crippen molar-refractivity contribution in [1.82, 2.24) is 14.5 Å². The molecule has 0 radical (unpaired) electrons. The minimum Gasteiger partial charge on any atom is -0.268 e. The van der Waals surface area contributed by atoms with Gasteiger partial charge in [-0.15, -0.1) is 0 Å². The third kappa shape index (κ3) is 4.60. The maximum Gasteiger partial charge on any atom is 0.245 e. The Morgan fingerprint density at radius 1 is 0.774 bits per heavy atom. The molecule has 31 heavy (non-hydrogen) atoms. The average Bonchev–Trinajstić information content (AvgIpc) is 3.26. The Morgan fingerprint density at radius 2 is 1.26 bits per heavy atom. The van der Waals surface area contributed by atoms with Crippen LogP contribution in [0.1, 0.15) is 37.1 Å². The van der Waals surface area contributed by atoms with Crippen LogP contribution in [0.3, 0.4) is 0 Å². The van der Waals surface area contributed by atoms with Crippen molar-refractivity contribution in [1.29, 1.82) is 0 Å². The molecule has 0 fully saturated rings. The van der Waals surface area contributed by atoms with Crippen LogP contribution < -0.4 is 4.72 Å². The number of benzene rings is 3. The molecule has 4 rings (SSSR count). The van der Waals surface area contributed by atoms with Gasteiger partial charge in [0.2, 0.25) is 10.0 Å². The third-order valence-electron chi connectivity index (χ3n) is 5.10.